The highest BCUT2D eigenvalue weighted by atomic mass is 32.2. The minimum Gasteiger partial charge on any atom is -0.361 e. The van der Waals surface area contributed by atoms with Crippen LogP contribution in [0.5, 0.6) is 0 Å². The first-order valence-electron chi connectivity index (χ1n) is 9.50. The van der Waals surface area contributed by atoms with Gasteiger partial charge in [-0.3, -0.25) is 9.89 Å². The first-order valence-corrected chi connectivity index (χ1v) is 10.7. The quantitative estimate of drug-likeness (QED) is 0.638. The van der Waals surface area contributed by atoms with Crippen LogP contribution in [0.15, 0.2) is 15.6 Å². The average molecular weight is 366 g/mol. The van der Waals surface area contributed by atoms with Gasteiger partial charge in [-0.1, -0.05) is 5.16 Å². The van der Waals surface area contributed by atoms with E-state index in [-0.39, 0.29) is 0 Å². The highest BCUT2D eigenvalue weighted by Crippen LogP contribution is 2.22. The molecule has 0 radical (unpaired) electrons. The number of hydrogen-bond donors (Lipinski definition) is 1. The molecule has 0 bridgehead atoms. The summed E-state index contributed by atoms with van der Waals surface area (Å²) in [6, 6.07) is 2.03. The van der Waals surface area contributed by atoms with Crippen molar-refractivity contribution in [2.24, 2.45) is 10.9 Å². The third kappa shape index (κ3) is 5.64. The predicted molar refractivity (Wildman–Crippen MR) is 104 cm³/mol. The Morgan fingerprint density at radius 2 is 2.08 bits per heavy atom. The van der Waals surface area contributed by atoms with Crippen LogP contribution >= 0.6 is 11.8 Å². The molecule has 0 amide bonds. The number of piperazine rings is 1. The fourth-order valence-electron chi connectivity index (χ4n) is 3.41. The van der Waals surface area contributed by atoms with E-state index in [0.29, 0.717) is 0 Å². The molecular weight excluding hydrogens is 334 g/mol. The second-order valence-electron chi connectivity index (χ2n) is 6.94. The van der Waals surface area contributed by atoms with Gasteiger partial charge in [-0.15, -0.1) is 0 Å². The Kier molecular flexibility index (Phi) is 7.04. The highest BCUT2D eigenvalue weighted by molar-refractivity contribution is 7.99. The molecule has 3 rings (SSSR count). The van der Waals surface area contributed by atoms with Gasteiger partial charge in [0.15, 0.2) is 5.96 Å². The van der Waals surface area contributed by atoms with Crippen LogP contribution in [-0.2, 0) is 6.54 Å². The molecule has 0 aromatic carbocycles. The van der Waals surface area contributed by atoms with Crippen LogP contribution in [0.1, 0.15) is 31.2 Å². The van der Waals surface area contributed by atoms with E-state index in [1.54, 1.807) is 0 Å². The summed E-state index contributed by atoms with van der Waals surface area (Å²) in [4.78, 5) is 9.80. The molecule has 2 saturated heterocycles. The van der Waals surface area contributed by atoms with Gasteiger partial charge in [0.1, 0.15) is 5.76 Å². The van der Waals surface area contributed by atoms with Gasteiger partial charge < -0.3 is 14.7 Å². The summed E-state index contributed by atoms with van der Waals surface area (Å²) in [5.41, 5.74) is 1.03. The Bertz CT molecular complexity index is 547. The molecule has 2 aliphatic heterocycles. The molecule has 7 heteroatoms. The van der Waals surface area contributed by atoms with Crippen LogP contribution in [0.2, 0.25) is 0 Å². The summed E-state index contributed by atoms with van der Waals surface area (Å²) >= 11 is 2.08. The van der Waals surface area contributed by atoms with E-state index >= 15 is 0 Å². The number of guanidine groups is 1. The van der Waals surface area contributed by atoms with Crippen molar-refractivity contribution in [3.63, 3.8) is 0 Å². The summed E-state index contributed by atoms with van der Waals surface area (Å²) in [5, 5.41) is 7.59. The lowest BCUT2D eigenvalue weighted by molar-refractivity contribution is 0.169. The second kappa shape index (κ2) is 9.48. The minimum absolute atomic E-state index is 0.770. The van der Waals surface area contributed by atoms with E-state index in [1.807, 2.05) is 13.0 Å². The van der Waals surface area contributed by atoms with Crippen LogP contribution in [0, 0.1) is 12.8 Å². The van der Waals surface area contributed by atoms with Crippen molar-refractivity contribution in [2.45, 2.75) is 33.2 Å². The number of aryl methyl sites for hydroxylation is 1. The van der Waals surface area contributed by atoms with Gasteiger partial charge in [0.05, 0.1) is 5.69 Å². The topological polar surface area (TPSA) is 56.9 Å². The van der Waals surface area contributed by atoms with E-state index < -0.39 is 0 Å². The Morgan fingerprint density at radius 3 is 2.72 bits per heavy atom. The number of aliphatic imine (C=N–C) groups is 1. The van der Waals surface area contributed by atoms with Crippen molar-refractivity contribution in [2.75, 3.05) is 50.8 Å². The van der Waals surface area contributed by atoms with Gasteiger partial charge >= 0.3 is 0 Å². The lowest BCUT2D eigenvalue weighted by Gasteiger charge is -2.36. The maximum atomic E-state index is 5.17. The Hall–Kier alpha value is -1.21. The number of thioether (sulfide) groups is 1. The molecule has 1 aromatic heterocycles. The predicted octanol–water partition coefficient (Wildman–Crippen LogP) is 2.21. The van der Waals surface area contributed by atoms with E-state index in [0.717, 1.165) is 69.1 Å². The molecule has 25 heavy (non-hydrogen) atoms. The number of rotatable bonds is 5. The maximum Gasteiger partial charge on any atom is 0.194 e. The van der Waals surface area contributed by atoms with Crippen LogP contribution < -0.4 is 5.32 Å². The maximum absolute atomic E-state index is 5.17. The summed E-state index contributed by atoms with van der Waals surface area (Å²) in [6.07, 6.45) is 2.64. The zero-order valence-corrected chi connectivity index (χ0v) is 16.4. The first-order chi connectivity index (χ1) is 12.2. The van der Waals surface area contributed by atoms with Crippen molar-refractivity contribution < 1.29 is 4.52 Å². The van der Waals surface area contributed by atoms with Crippen molar-refractivity contribution in [1.82, 2.24) is 20.3 Å². The van der Waals surface area contributed by atoms with Gasteiger partial charge in [-0.25, -0.2) is 0 Å². The Labute approximate surface area is 155 Å². The summed E-state index contributed by atoms with van der Waals surface area (Å²) in [5.74, 6) is 5.36. The molecule has 0 atom stereocenters. The zero-order valence-electron chi connectivity index (χ0n) is 15.5. The Morgan fingerprint density at radius 1 is 1.32 bits per heavy atom. The number of hydrogen-bond acceptors (Lipinski definition) is 5. The van der Waals surface area contributed by atoms with Crippen molar-refractivity contribution in [3.8, 4) is 0 Å². The molecule has 3 heterocycles. The molecule has 2 fully saturated rings. The van der Waals surface area contributed by atoms with Gasteiger partial charge in [0.2, 0.25) is 0 Å². The van der Waals surface area contributed by atoms with Gasteiger partial charge in [-0.05, 0) is 44.1 Å². The smallest absolute Gasteiger partial charge is 0.194 e. The molecule has 1 N–H and O–H groups in total. The fourth-order valence-corrected chi connectivity index (χ4v) is 4.61. The molecule has 0 spiro atoms. The third-order valence-corrected chi connectivity index (χ3v) is 5.96. The van der Waals surface area contributed by atoms with Crippen LogP contribution in [0.4, 0.5) is 0 Å². The Balaban J connectivity index is 1.49. The average Bonchev–Trinajstić information content (AvgIpc) is 3.05. The summed E-state index contributed by atoms with van der Waals surface area (Å²) in [6.45, 7) is 11.0. The summed E-state index contributed by atoms with van der Waals surface area (Å²) in [7, 11) is 0. The fraction of sp³-hybridized carbons (Fsp3) is 0.778. The van der Waals surface area contributed by atoms with E-state index in [9.17, 15) is 0 Å². The molecule has 6 nitrogen and oxygen atoms in total. The molecule has 2 aliphatic rings. The number of aromatic nitrogens is 1. The molecule has 1 aromatic rings. The SMILES string of the molecule is CCNC(=NCC1CCSCC1)N1CCN(Cc2cc(C)on2)CC1. The van der Waals surface area contributed by atoms with Crippen molar-refractivity contribution in [1.29, 1.82) is 0 Å². The third-order valence-electron chi connectivity index (χ3n) is 4.91. The lowest BCUT2D eigenvalue weighted by Crippen LogP contribution is -2.52. The molecule has 0 unspecified atom stereocenters. The zero-order chi connectivity index (χ0) is 17.5. The monoisotopic (exact) mass is 365 g/mol. The minimum atomic E-state index is 0.770. The first kappa shape index (κ1) is 18.6. The van der Waals surface area contributed by atoms with Gasteiger partial charge in [-0.2, -0.15) is 11.8 Å². The second-order valence-corrected chi connectivity index (χ2v) is 8.17. The van der Waals surface area contributed by atoms with E-state index in [1.165, 1.54) is 24.3 Å². The standard InChI is InChI=1S/C18H31N5OS/c1-3-19-18(20-13-16-4-10-25-11-5-16)23-8-6-22(7-9-23)14-17-12-15(2)24-21-17/h12,16H,3-11,13-14H2,1-2H3,(H,19,20). The number of nitrogens with zero attached hydrogens (tertiary/aromatic N) is 4. The van der Waals surface area contributed by atoms with Crippen LogP contribution in [0.3, 0.4) is 0 Å². The largest absolute Gasteiger partial charge is 0.361 e. The number of nitrogens with one attached hydrogen (secondary N) is 1. The van der Waals surface area contributed by atoms with Crippen LogP contribution in [0.25, 0.3) is 0 Å². The van der Waals surface area contributed by atoms with Crippen molar-refractivity contribution in [3.05, 3.63) is 17.5 Å². The normalized spacial score (nSPS) is 20.9. The van der Waals surface area contributed by atoms with E-state index in [2.05, 4.69) is 39.0 Å². The summed E-state index contributed by atoms with van der Waals surface area (Å²) < 4.78 is 5.17. The molecule has 0 saturated carbocycles. The van der Waals surface area contributed by atoms with E-state index in [4.69, 9.17) is 9.52 Å². The van der Waals surface area contributed by atoms with Gasteiger partial charge in [0, 0.05) is 51.9 Å². The van der Waals surface area contributed by atoms with Gasteiger partial charge in [0.25, 0.3) is 0 Å². The highest BCUT2D eigenvalue weighted by Gasteiger charge is 2.21. The lowest BCUT2D eigenvalue weighted by atomic mass is 10.0. The molecular formula is C18H31N5OS. The van der Waals surface area contributed by atoms with Crippen LogP contribution in [-0.4, -0.2) is 71.7 Å². The molecule has 0 aliphatic carbocycles. The molecule has 140 valence electrons. The van der Waals surface area contributed by atoms with Crippen molar-refractivity contribution >= 4 is 17.7 Å².